The van der Waals surface area contributed by atoms with Crippen LogP contribution in [0.5, 0.6) is 0 Å². The number of hydrogen-bond donors (Lipinski definition) is 2. The number of morpholine rings is 1. The number of ether oxygens (including phenoxy) is 1. The highest BCUT2D eigenvalue weighted by Crippen LogP contribution is 2.25. The molecule has 0 bridgehead atoms. The van der Waals surface area contributed by atoms with E-state index in [2.05, 4.69) is 20.5 Å². The summed E-state index contributed by atoms with van der Waals surface area (Å²) >= 11 is 2.03. The fourth-order valence-electron chi connectivity index (χ4n) is 3.49. The normalized spacial score (nSPS) is 22.1. The van der Waals surface area contributed by atoms with Gasteiger partial charge in [-0.05, 0) is 36.3 Å². The van der Waals surface area contributed by atoms with Crippen molar-refractivity contribution in [3.63, 3.8) is 0 Å². The molecule has 2 aliphatic rings. The lowest BCUT2D eigenvalue weighted by Gasteiger charge is -2.35. The summed E-state index contributed by atoms with van der Waals surface area (Å²) in [5, 5.41) is 7.54. The van der Waals surface area contributed by atoms with Crippen LogP contribution in [0.1, 0.15) is 24.4 Å². The fourth-order valence-corrected chi connectivity index (χ4v) is 4.69. The number of nitrogens with one attached hydrogen (secondary N) is 2. The van der Waals surface area contributed by atoms with Crippen LogP contribution in [0.25, 0.3) is 0 Å². The van der Waals surface area contributed by atoms with E-state index in [-0.39, 0.29) is 35.8 Å². The zero-order valence-corrected chi connectivity index (χ0v) is 19.0. The van der Waals surface area contributed by atoms with Crippen molar-refractivity contribution in [2.45, 2.75) is 24.1 Å². The number of benzene rings is 1. The topological polar surface area (TPSA) is 48.9 Å². The van der Waals surface area contributed by atoms with E-state index in [9.17, 15) is 4.39 Å². The van der Waals surface area contributed by atoms with Gasteiger partial charge in [0.25, 0.3) is 0 Å². The number of nitrogens with zero attached hydrogens (tertiary/aromatic N) is 2. The summed E-state index contributed by atoms with van der Waals surface area (Å²) in [4.78, 5) is 6.70. The van der Waals surface area contributed by atoms with E-state index in [0.29, 0.717) is 11.8 Å². The predicted octanol–water partition coefficient (Wildman–Crippen LogP) is 2.88. The molecular weight excluding hydrogens is 478 g/mol. The van der Waals surface area contributed by atoms with E-state index >= 15 is 0 Å². The van der Waals surface area contributed by atoms with Crippen LogP contribution in [-0.2, 0) is 4.74 Å². The first-order valence-corrected chi connectivity index (χ1v) is 10.4. The van der Waals surface area contributed by atoms with Crippen molar-refractivity contribution in [3.8, 4) is 0 Å². The molecule has 8 heteroatoms. The van der Waals surface area contributed by atoms with Gasteiger partial charge in [0.2, 0.25) is 0 Å². The molecule has 0 amide bonds. The minimum Gasteiger partial charge on any atom is -0.379 e. The van der Waals surface area contributed by atoms with Gasteiger partial charge in [0.15, 0.2) is 5.96 Å². The quantitative estimate of drug-likeness (QED) is 0.352. The molecule has 2 atom stereocenters. The van der Waals surface area contributed by atoms with Crippen LogP contribution in [0.15, 0.2) is 29.3 Å². The van der Waals surface area contributed by atoms with Crippen molar-refractivity contribution in [2.24, 2.45) is 4.99 Å². The van der Waals surface area contributed by atoms with Crippen LogP contribution >= 0.6 is 35.7 Å². The Kier molecular flexibility index (Phi) is 10.2. The fraction of sp³-hybridized carbons (Fsp3) is 0.632. The molecule has 0 radical (unpaired) electrons. The Hall–Kier alpha value is -0.580. The number of hydrogen-bond acceptors (Lipinski definition) is 4. The zero-order chi connectivity index (χ0) is 18.2. The number of guanidine groups is 1. The van der Waals surface area contributed by atoms with Crippen molar-refractivity contribution in [2.75, 3.05) is 52.2 Å². The molecule has 27 heavy (non-hydrogen) atoms. The molecule has 0 aromatic heterocycles. The Labute approximate surface area is 182 Å². The molecule has 2 fully saturated rings. The minimum absolute atomic E-state index is 0. The number of thioether (sulfide) groups is 1. The Morgan fingerprint density at radius 3 is 2.85 bits per heavy atom. The summed E-state index contributed by atoms with van der Waals surface area (Å²) in [5.74, 6) is 1.88. The van der Waals surface area contributed by atoms with E-state index in [1.165, 1.54) is 24.7 Å². The largest absolute Gasteiger partial charge is 0.379 e. The molecular formula is C19H30FIN4OS. The van der Waals surface area contributed by atoms with E-state index in [4.69, 9.17) is 4.74 Å². The summed E-state index contributed by atoms with van der Waals surface area (Å²) in [6, 6.07) is 6.99. The zero-order valence-electron chi connectivity index (χ0n) is 15.8. The van der Waals surface area contributed by atoms with Gasteiger partial charge in [0.05, 0.1) is 19.3 Å². The average Bonchev–Trinajstić information content (AvgIpc) is 3.19. The summed E-state index contributed by atoms with van der Waals surface area (Å²) in [6.07, 6.45) is 2.58. The van der Waals surface area contributed by atoms with Crippen molar-refractivity contribution in [1.29, 1.82) is 0 Å². The highest BCUT2D eigenvalue weighted by Gasteiger charge is 2.23. The first-order chi connectivity index (χ1) is 12.8. The molecule has 2 N–H and O–H groups in total. The third-order valence-electron chi connectivity index (χ3n) is 4.93. The maximum absolute atomic E-state index is 13.8. The summed E-state index contributed by atoms with van der Waals surface area (Å²) in [6.45, 7) is 4.77. The molecule has 5 nitrogen and oxygen atoms in total. The van der Waals surface area contributed by atoms with Crippen molar-refractivity contribution < 1.29 is 9.13 Å². The molecule has 152 valence electrons. The van der Waals surface area contributed by atoms with Crippen LogP contribution in [0.2, 0.25) is 0 Å². The van der Waals surface area contributed by atoms with Gasteiger partial charge in [-0.1, -0.05) is 12.1 Å². The Bertz CT molecular complexity index is 595. The summed E-state index contributed by atoms with van der Waals surface area (Å²) in [7, 11) is 1.79. The van der Waals surface area contributed by atoms with Gasteiger partial charge in [-0.3, -0.25) is 9.89 Å². The van der Waals surface area contributed by atoms with E-state index in [1.807, 2.05) is 17.8 Å². The van der Waals surface area contributed by atoms with E-state index in [0.717, 1.165) is 44.4 Å². The molecule has 0 saturated carbocycles. The van der Waals surface area contributed by atoms with Gasteiger partial charge in [-0.2, -0.15) is 11.8 Å². The number of aliphatic imine (C=N–C) groups is 1. The maximum Gasteiger partial charge on any atom is 0.191 e. The number of rotatable bonds is 6. The van der Waals surface area contributed by atoms with Crippen molar-refractivity contribution >= 4 is 41.7 Å². The molecule has 2 aliphatic heterocycles. The molecule has 2 heterocycles. The minimum atomic E-state index is -0.193. The van der Waals surface area contributed by atoms with Crippen LogP contribution in [0.4, 0.5) is 4.39 Å². The lowest BCUT2D eigenvalue weighted by Crippen LogP contribution is -2.47. The van der Waals surface area contributed by atoms with Gasteiger partial charge in [-0.15, -0.1) is 24.0 Å². The number of halogens is 2. The third-order valence-corrected chi connectivity index (χ3v) is 6.33. The van der Waals surface area contributed by atoms with Gasteiger partial charge >= 0.3 is 0 Å². The highest BCUT2D eigenvalue weighted by molar-refractivity contribution is 14.0. The SMILES string of the molecule is CN=C(NCC1CCCS1)NCC(c1cccc(F)c1)N1CCOCC1.I. The van der Waals surface area contributed by atoms with Crippen LogP contribution < -0.4 is 10.6 Å². The van der Waals surface area contributed by atoms with Crippen LogP contribution in [0.3, 0.4) is 0 Å². The lowest BCUT2D eigenvalue weighted by atomic mass is 10.0. The first-order valence-electron chi connectivity index (χ1n) is 9.39. The Morgan fingerprint density at radius 2 is 2.19 bits per heavy atom. The average molecular weight is 508 g/mol. The molecule has 0 spiro atoms. The maximum atomic E-state index is 13.8. The second-order valence-electron chi connectivity index (χ2n) is 6.69. The van der Waals surface area contributed by atoms with Gasteiger partial charge in [0, 0.05) is 38.5 Å². The van der Waals surface area contributed by atoms with Crippen LogP contribution in [-0.4, -0.2) is 68.3 Å². The lowest BCUT2D eigenvalue weighted by molar-refractivity contribution is 0.0169. The predicted molar refractivity (Wildman–Crippen MR) is 122 cm³/mol. The third kappa shape index (κ3) is 7.07. The molecule has 0 aliphatic carbocycles. The molecule has 1 aromatic rings. The second kappa shape index (κ2) is 12.1. The van der Waals surface area contributed by atoms with Gasteiger partial charge < -0.3 is 15.4 Å². The second-order valence-corrected chi connectivity index (χ2v) is 8.10. The molecule has 2 saturated heterocycles. The summed E-state index contributed by atoms with van der Waals surface area (Å²) in [5.41, 5.74) is 0.987. The van der Waals surface area contributed by atoms with E-state index in [1.54, 1.807) is 19.2 Å². The molecule has 1 aromatic carbocycles. The van der Waals surface area contributed by atoms with Gasteiger partial charge in [-0.25, -0.2) is 4.39 Å². The smallest absolute Gasteiger partial charge is 0.191 e. The molecule has 2 unspecified atom stereocenters. The highest BCUT2D eigenvalue weighted by atomic mass is 127. The summed E-state index contributed by atoms with van der Waals surface area (Å²) < 4.78 is 19.2. The van der Waals surface area contributed by atoms with Crippen LogP contribution in [0, 0.1) is 5.82 Å². The molecule has 3 rings (SSSR count). The van der Waals surface area contributed by atoms with Crippen molar-refractivity contribution in [3.05, 3.63) is 35.6 Å². The van der Waals surface area contributed by atoms with Gasteiger partial charge in [0.1, 0.15) is 5.82 Å². The Morgan fingerprint density at radius 1 is 1.37 bits per heavy atom. The Balaban J connectivity index is 0.00000261. The monoisotopic (exact) mass is 508 g/mol. The van der Waals surface area contributed by atoms with E-state index < -0.39 is 0 Å². The first kappa shape index (κ1) is 22.7. The standard InChI is InChI=1S/C19H29FN4OS.HI/c1-21-19(22-13-17-6-3-11-26-17)23-14-18(24-7-9-25-10-8-24)15-4-2-5-16(20)12-15;/h2,4-5,12,17-18H,3,6-11,13-14H2,1H3,(H2,21,22,23);1H. The van der Waals surface area contributed by atoms with Crippen molar-refractivity contribution in [1.82, 2.24) is 15.5 Å².